The first-order valence-electron chi connectivity index (χ1n) is 3.68. The first-order valence-corrected chi connectivity index (χ1v) is 5.51. The standard InChI is InChI=1S/C7H6Br2N2O2/c8-5(9)6-10-3-4-7(11-6)13-2-1-12-4/h3,5H,1-2H2. The average molecular weight is 310 g/mol. The van der Waals surface area contributed by atoms with E-state index in [2.05, 4.69) is 41.8 Å². The van der Waals surface area contributed by atoms with Crippen LogP contribution in [0.2, 0.25) is 0 Å². The Labute approximate surface area is 91.9 Å². The first-order chi connectivity index (χ1) is 6.27. The lowest BCUT2D eigenvalue weighted by Gasteiger charge is -2.17. The summed E-state index contributed by atoms with van der Waals surface area (Å²) in [4.78, 5) is 8.24. The van der Waals surface area contributed by atoms with Crippen LogP contribution in [0, 0.1) is 0 Å². The van der Waals surface area contributed by atoms with Gasteiger partial charge in [-0.05, 0) is 0 Å². The predicted molar refractivity (Wildman–Crippen MR) is 53.6 cm³/mol. The summed E-state index contributed by atoms with van der Waals surface area (Å²) in [5.74, 6) is 1.75. The topological polar surface area (TPSA) is 44.2 Å². The Hall–Kier alpha value is -0.360. The van der Waals surface area contributed by atoms with Gasteiger partial charge in [0, 0.05) is 0 Å². The van der Waals surface area contributed by atoms with Crippen molar-refractivity contribution in [2.24, 2.45) is 0 Å². The molecule has 0 aliphatic carbocycles. The maximum Gasteiger partial charge on any atom is 0.260 e. The molecule has 70 valence electrons. The van der Waals surface area contributed by atoms with Crippen molar-refractivity contribution in [2.75, 3.05) is 13.2 Å². The number of aromatic nitrogens is 2. The van der Waals surface area contributed by atoms with Crippen LogP contribution in [0.15, 0.2) is 6.20 Å². The third-order valence-corrected chi connectivity index (χ3v) is 2.33. The first kappa shape index (κ1) is 9.21. The van der Waals surface area contributed by atoms with E-state index in [4.69, 9.17) is 9.47 Å². The lowest BCUT2D eigenvalue weighted by molar-refractivity contribution is 0.163. The number of rotatable bonds is 1. The van der Waals surface area contributed by atoms with E-state index in [1.165, 1.54) is 0 Å². The van der Waals surface area contributed by atoms with Crippen molar-refractivity contribution < 1.29 is 9.47 Å². The van der Waals surface area contributed by atoms with Crippen molar-refractivity contribution in [3.8, 4) is 11.6 Å². The zero-order valence-corrected chi connectivity index (χ0v) is 9.71. The molecule has 0 atom stereocenters. The average Bonchev–Trinajstić information content (AvgIpc) is 2.17. The molecule has 2 rings (SSSR count). The molecule has 0 unspecified atom stereocenters. The van der Waals surface area contributed by atoms with Gasteiger partial charge in [0.15, 0.2) is 11.6 Å². The Bertz CT molecular complexity index is 319. The molecule has 0 N–H and O–H groups in total. The fraction of sp³-hybridized carbons (Fsp3) is 0.429. The third kappa shape index (κ3) is 1.94. The van der Waals surface area contributed by atoms with Crippen molar-refractivity contribution in [1.82, 2.24) is 9.97 Å². The SMILES string of the molecule is BrC(Br)c1ncc2c(n1)OCCO2. The van der Waals surface area contributed by atoms with Gasteiger partial charge in [-0.25, -0.2) is 4.98 Å². The van der Waals surface area contributed by atoms with Crippen LogP contribution in [0.1, 0.15) is 9.56 Å². The summed E-state index contributed by atoms with van der Waals surface area (Å²) in [6.45, 7) is 1.10. The van der Waals surface area contributed by atoms with Gasteiger partial charge < -0.3 is 9.47 Å². The highest BCUT2D eigenvalue weighted by atomic mass is 79.9. The molecule has 0 saturated carbocycles. The number of fused-ring (bicyclic) bond motifs is 1. The normalized spacial score (nSPS) is 14.7. The largest absolute Gasteiger partial charge is 0.483 e. The maximum absolute atomic E-state index is 5.30. The monoisotopic (exact) mass is 308 g/mol. The molecule has 1 aliphatic heterocycles. The van der Waals surface area contributed by atoms with E-state index in [-0.39, 0.29) is 3.74 Å². The molecule has 6 heteroatoms. The van der Waals surface area contributed by atoms with Crippen LogP contribution < -0.4 is 9.47 Å². The molecule has 0 bridgehead atoms. The molecule has 1 aromatic heterocycles. The summed E-state index contributed by atoms with van der Waals surface area (Å²) in [6.07, 6.45) is 1.62. The summed E-state index contributed by atoms with van der Waals surface area (Å²) < 4.78 is 10.5. The van der Waals surface area contributed by atoms with Crippen LogP contribution in [-0.2, 0) is 0 Å². The molecule has 0 aromatic carbocycles. The highest BCUT2D eigenvalue weighted by Gasteiger charge is 2.16. The van der Waals surface area contributed by atoms with E-state index in [0.29, 0.717) is 30.7 Å². The number of ether oxygens (including phenoxy) is 2. The van der Waals surface area contributed by atoms with Gasteiger partial charge in [0.1, 0.15) is 17.0 Å². The Morgan fingerprint density at radius 2 is 2.08 bits per heavy atom. The molecule has 2 heterocycles. The van der Waals surface area contributed by atoms with Gasteiger partial charge in [0.05, 0.1) is 6.20 Å². The summed E-state index contributed by atoms with van der Waals surface area (Å²) in [6, 6.07) is 0. The summed E-state index contributed by atoms with van der Waals surface area (Å²) in [5, 5.41) is 0. The molecule has 0 saturated heterocycles. The van der Waals surface area contributed by atoms with Gasteiger partial charge in [-0.1, -0.05) is 31.9 Å². The highest BCUT2D eigenvalue weighted by Crippen LogP contribution is 2.32. The van der Waals surface area contributed by atoms with Crippen LogP contribution in [-0.4, -0.2) is 23.2 Å². The van der Waals surface area contributed by atoms with E-state index in [1.54, 1.807) is 6.20 Å². The predicted octanol–water partition coefficient (Wildman–Crippen LogP) is 2.04. The smallest absolute Gasteiger partial charge is 0.260 e. The fourth-order valence-electron chi connectivity index (χ4n) is 0.965. The van der Waals surface area contributed by atoms with Crippen LogP contribution in [0.4, 0.5) is 0 Å². The number of nitrogens with zero attached hydrogens (tertiary/aromatic N) is 2. The number of hydrogen-bond acceptors (Lipinski definition) is 4. The zero-order valence-electron chi connectivity index (χ0n) is 6.54. The van der Waals surface area contributed by atoms with Gasteiger partial charge in [-0.3, -0.25) is 0 Å². The van der Waals surface area contributed by atoms with Crippen molar-refractivity contribution >= 4 is 31.9 Å². The van der Waals surface area contributed by atoms with Gasteiger partial charge in [0.2, 0.25) is 0 Å². The molecule has 13 heavy (non-hydrogen) atoms. The quantitative estimate of drug-likeness (QED) is 0.745. The molecule has 0 spiro atoms. The van der Waals surface area contributed by atoms with E-state index in [9.17, 15) is 0 Å². The second-order valence-corrected chi connectivity index (χ2v) is 5.46. The number of halogens is 2. The number of alkyl halides is 2. The molecular weight excluding hydrogens is 304 g/mol. The molecule has 0 fully saturated rings. The van der Waals surface area contributed by atoms with Crippen LogP contribution in [0.25, 0.3) is 0 Å². The Balaban J connectivity index is 2.35. The maximum atomic E-state index is 5.30. The van der Waals surface area contributed by atoms with Crippen LogP contribution >= 0.6 is 31.9 Å². The molecule has 1 aromatic rings. The number of hydrogen-bond donors (Lipinski definition) is 0. The Morgan fingerprint density at radius 1 is 1.31 bits per heavy atom. The lowest BCUT2D eigenvalue weighted by atomic mass is 10.5. The van der Waals surface area contributed by atoms with Crippen LogP contribution in [0.3, 0.4) is 0 Å². The molecule has 0 radical (unpaired) electrons. The molecule has 0 amide bonds. The third-order valence-electron chi connectivity index (χ3n) is 1.52. The summed E-state index contributed by atoms with van der Waals surface area (Å²) in [7, 11) is 0. The van der Waals surface area contributed by atoms with Gasteiger partial charge in [0.25, 0.3) is 5.88 Å². The van der Waals surface area contributed by atoms with Gasteiger partial charge in [-0.15, -0.1) is 0 Å². The van der Waals surface area contributed by atoms with Crippen LogP contribution in [0.5, 0.6) is 11.6 Å². The molecular formula is C7H6Br2N2O2. The zero-order chi connectivity index (χ0) is 9.26. The minimum Gasteiger partial charge on any atom is -0.483 e. The minimum atomic E-state index is -0.0594. The molecule has 4 nitrogen and oxygen atoms in total. The van der Waals surface area contributed by atoms with E-state index in [0.717, 1.165) is 0 Å². The lowest BCUT2D eigenvalue weighted by Crippen LogP contribution is -2.17. The van der Waals surface area contributed by atoms with E-state index < -0.39 is 0 Å². The second kappa shape index (κ2) is 3.79. The van der Waals surface area contributed by atoms with Crippen molar-refractivity contribution in [3.05, 3.63) is 12.0 Å². The van der Waals surface area contributed by atoms with E-state index >= 15 is 0 Å². The van der Waals surface area contributed by atoms with Gasteiger partial charge in [-0.2, -0.15) is 4.98 Å². The second-order valence-electron chi connectivity index (χ2n) is 2.40. The van der Waals surface area contributed by atoms with Crippen molar-refractivity contribution in [2.45, 2.75) is 3.74 Å². The molecule has 1 aliphatic rings. The summed E-state index contributed by atoms with van der Waals surface area (Å²) in [5.41, 5.74) is 0. The van der Waals surface area contributed by atoms with Crippen molar-refractivity contribution in [3.63, 3.8) is 0 Å². The Kier molecular flexibility index (Phi) is 2.69. The minimum absolute atomic E-state index is 0.0594. The van der Waals surface area contributed by atoms with Gasteiger partial charge >= 0.3 is 0 Å². The highest BCUT2D eigenvalue weighted by molar-refractivity contribution is 9.24. The Morgan fingerprint density at radius 3 is 2.85 bits per heavy atom. The van der Waals surface area contributed by atoms with Crippen molar-refractivity contribution in [1.29, 1.82) is 0 Å². The summed E-state index contributed by atoms with van der Waals surface area (Å²) >= 11 is 6.61. The fourth-order valence-corrected chi connectivity index (χ4v) is 1.41. The van der Waals surface area contributed by atoms with E-state index in [1.807, 2.05) is 0 Å².